The van der Waals surface area contributed by atoms with Crippen molar-refractivity contribution >= 4 is 11.8 Å². The van der Waals surface area contributed by atoms with Gasteiger partial charge in [0, 0.05) is 39.7 Å². The van der Waals surface area contributed by atoms with Crippen LogP contribution in [0.15, 0.2) is 30.7 Å². The summed E-state index contributed by atoms with van der Waals surface area (Å²) >= 11 is 0. The highest BCUT2D eigenvalue weighted by Crippen LogP contribution is 2.14. The first-order valence-corrected chi connectivity index (χ1v) is 8.89. The Morgan fingerprint density at radius 1 is 0.821 bits per heavy atom. The number of aromatic nitrogens is 6. The maximum atomic E-state index is 12.7. The van der Waals surface area contributed by atoms with Crippen LogP contribution >= 0.6 is 0 Å². The minimum atomic E-state index is -0.436. The molecular formula is C18H24N8O2. The van der Waals surface area contributed by atoms with Crippen molar-refractivity contribution < 1.29 is 9.59 Å². The Bertz CT molecular complexity index is 921. The molecule has 0 saturated heterocycles. The molecule has 2 N–H and O–H groups in total. The second-order valence-corrected chi connectivity index (χ2v) is 6.78. The summed E-state index contributed by atoms with van der Waals surface area (Å²) in [6.45, 7) is 3.66. The van der Waals surface area contributed by atoms with E-state index in [0.29, 0.717) is 0 Å². The predicted octanol–water partition coefficient (Wildman–Crippen LogP) is 0.869. The Hall–Kier alpha value is -3.43. The fourth-order valence-electron chi connectivity index (χ4n) is 2.84. The first-order chi connectivity index (χ1) is 13.2. The smallest absolute Gasteiger partial charge is 0.273 e. The number of carbonyl (C=O) groups is 2. The summed E-state index contributed by atoms with van der Waals surface area (Å²) in [5, 5.41) is 18.4. The molecule has 0 aliphatic carbocycles. The molecular weight excluding hydrogens is 360 g/mol. The third kappa shape index (κ3) is 4.11. The van der Waals surface area contributed by atoms with Crippen LogP contribution in [0.1, 0.15) is 58.2 Å². The lowest BCUT2D eigenvalue weighted by molar-refractivity contribution is 0.0901. The molecule has 0 spiro atoms. The molecule has 0 fully saturated rings. The van der Waals surface area contributed by atoms with Crippen LogP contribution in [0.25, 0.3) is 0 Å². The van der Waals surface area contributed by atoms with E-state index in [1.165, 1.54) is 10.9 Å². The minimum absolute atomic E-state index is 0.0657. The van der Waals surface area contributed by atoms with Crippen molar-refractivity contribution in [3.05, 3.63) is 53.4 Å². The van der Waals surface area contributed by atoms with Crippen molar-refractivity contribution in [1.29, 1.82) is 0 Å². The van der Waals surface area contributed by atoms with E-state index in [-0.39, 0.29) is 29.2 Å². The van der Waals surface area contributed by atoms with Crippen LogP contribution in [0.5, 0.6) is 0 Å². The van der Waals surface area contributed by atoms with Gasteiger partial charge in [0.25, 0.3) is 11.8 Å². The molecule has 0 aromatic carbocycles. The first kappa shape index (κ1) is 19.3. The average molecular weight is 384 g/mol. The largest absolute Gasteiger partial charge is 0.344 e. The Morgan fingerprint density at radius 3 is 1.79 bits per heavy atom. The van der Waals surface area contributed by atoms with E-state index in [9.17, 15) is 9.59 Å². The zero-order chi connectivity index (χ0) is 20.4. The van der Waals surface area contributed by atoms with Crippen LogP contribution < -0.4 is 10.6 Å². The van der Waals surface area contributed by atoms with Gasteiger partial charge in [0.1, 0.15) is 0 Å². The molecule has 10 nitrogen and oxygen atoms in total. The van der Waals surface area contributed by atoms with Gasteiger partial charge in [-0.1, -0.05) is 0 Å². The molecule has 2 atom stereocenters. The Labute approximate surface area is 162 Å². The summed E-state index contributed by atoms with van der Waals surface area (Å²) in [5.74, 6) is -0.823. The molecule has 28 heavy (non-hydrogen) atoms. The lowest BCUT2D eigenvalue weighted by Gasteiger charge is -2.13. The van der Waals surface area contributed by atoms with Crippen LogP contribution in [0.4, 0.5) is 0 Å². The normalized spacial score (nSPS) is 13.2. The molecule has 0 saturated carbocycles. The maximum Gasteiger partial charge on any atom is 0.273 e. The Balaban J connectivity index is 1.74. The minimum Gasteiger partial charge on any atom is -0.344 e. The van der Waals surface area contributed by atoms with Gasteiger partial charge in [-0.25, -0.2) is 0 Å². The number of aryl methyl sites for hydroxylation is 3. The van der Waals surface area contributed by atoms with Crippen LogP contribution in [0.3, 0.4) is 0 Å². The third-order valence-corrected chi connectivity index (χ3v) is 4.34. The molecule has 0 aliphatic heterocycles. The van der Waals surface area contributed by atoms with Gasteiger partial charge < -0.3 is 10.6 Å². The van der Waals surface area contributed by atoms with Gasteiger partial charge in [-0.3, -0.25) is 23.6 Å². The molecule has 3 heterocycles. The van der Waals surface area contributed by atoms with E-state index in [4.69, 9.17) is 0 Å². The van der Waals surface area contributed by atoms with E-state index >= 15 is 0 Å². The number of nitrogens with zero attached hydrogens (tertiary/aromatic N) is 6. The topological polar surface area (TPSA) is 112 Å². The van der Waals surface area contributed by atoms with E-state index in [2.05, 4.69) is 25.9 Å². The molecule has 3 aromatic heterocycles. The van der Waals surface area contributed by atoms with Gasteiger partial charge in [-0.15, -0.1) is 0 Å². The molecule has 10 heteroatoms. The molecule has 3 rings (SSSR count). The molecule has 2 amide bonds. The highest BCUT2D eigenvalue weighted by molar-refractivity contribution is 6.06. The van der Waals surface area contributed by atoms with Gasteiger partial charge in [0.05, 0.1) is 29.0 Å². The van der Waals surface area contributed by atoms with Crippen molar-refractivity contribution in [2.75, 3.05) is 0 Å². The van der Waals surface area contributed by atoms with Crippen molar-refractivity contribution in [2.45, 2.75) is 25.9 Å². The van der Waals surface area contributed by atoms with Gasteiger partial charge in [0.2, 0.25) is 0 Å². The van der Waals surface area contributed by atoms with E-state index < -0.39 is 5.91 Å². The molecule has 148 valence electrons. The van der Waals surface area contributed by atoms with Crippen LogP contribution in [0, 0.1) is 0 Å². The fourth-order valence-corrected chi connectivity index (χ4v) is 2.84. The van der Waals surface area contributed by atoms with Gasteiger partial charge in [-0.05, 0) is 26.0 Å². The molecule has 0 radical (unpaired) electrons. The zero-order valence-corrected chi connectivity index (χ0v) is 16.5. The monoisotopic (exact) mass is 384 g/mol. The summed E-state index contributed by atoms with van der Waals surface area (Å²) in [4.78, 5) is 25.5. The third-order valence-electron chi connectivity index (χ3n) is 4.34. The number of hydrogen-bond donors (Lipinski definition) is 2. The SMILES string of the molecule is CC(NC(=O)c1cn(C)nc1C(=O)NC(C)c1ccn(C)n1)c1ccn(C)n1. The number of amides is 2. The predicted molar refractivity (Wildman–Crippen MR) is 101 cm³/mol. The lowest BCUT2D eigenvalue weighted by Crippen LogP contribution is -2.32. The Morgan fingerprint density at radius 2 is 1.32 bits per heavy atom. The highest BCUT2D eigenvalue weighted by atomic mass is 16.2. The van der Waals surface area contributed by atoms with Crippen molar-refractivity contribution in [3.63, 3.8) is 0 Å². The summed E-state index contributed by atoms with van der Waals surface area (Å²) in [6.07, 6.45) is 5.14. The molecule has 0 aliphatic rings. The number of rotatable bonds is 6. The number of nitrogens with one attached hydrogen (secondary N) is 2. The zero-order valence-electron chi connectivity index (χ0n) is 16.5. The number of hydrogen-bond acceptors (Lipinski definition) is 5. The quantitative estimate of drug-likeness (QED) is 0.655. The van der Waals surface area contributed by atoms with E-state index in [1.807, 2.05) is 40.1 Å². The average Bonchev–Trinajstić information content (AvgIpc) is 3.34. The molecule has 2 unspecified atom stereocenters. The van der Waals surface area contributed by atoms with Crippen molar-refractivity contribution in [2.24, 2.45) is 21.1 Å². The van der Waals surface area contributed by atoms with E-state index in [0.717, 1.165) is 11.4 Å². The van der Waals surface area contributed by atoms with Gasteiger partial charge in [-0.2, -0.15) is 15.3 Å². The summed E-state index contributed by atoms with van der Waals surface area (Å²) in [7, 11) is 5.28. The standard InChI is InChI=1S/C18H24N8O2/c1-11(14-6-8-24(3)21-14)19-17(27)13-10-26(5)23-16(13)18(28)20-12(2)15-7-9-25(4)22-15/h6-12H,1-5H3,(H,19,27)(H,20,28). The molecule has 3 aromatic rings. The maximum absolute atomic E-state index is 12.7. The van der Waals surface area contributed by atoms with Crippen LogP contribution in [0.2, 0.25) is 0 Å². The molecule has 0 bridgehead atoms. The highest BCUT2D eigenvalue weighted by Gasteiger charge is 2.25. The first-order valence-electron chi connectivity index (χ1n) is 8.89. The van der Waals surface area contributed by atoms with Gasteiger partial charge >= 0.3 is 0 Å². The summed E-state index contributed by atoms with van der Waals surface area (Å²) in [6, 6.07) is 3.03. The Kier molecular flexibility index (Phi) is 5.30. The lowest BCUT2D eigenvalue weighted by atomic mass is 10.1. The van der Waals surface area contributed by atoms with Crippen LogP contribution in [-0.4, -0.2) is 41.2 Å². The van der Waals surface area contributed by atoms with Crippen LogP contribution in [-0.2, 0) is 21.1 Å². The second-order valence-electron chi connectivity index (χ2n) is 6.78. The fraction of sp³-hybridized carbons (Fsp3) is 0.389. The van der Waals surface area contributed by atoms with Crippen molar-refractivity contribution in [1.82, 2.24) is 40.0 Å². The van der Waals surface area contributed by atoms with E-state index in [1.54, 1.807) is 28.8 Å². The second kappa shape index (κ2) is 7.67. The summed E-state index contributed by atoms with van der Waals surface area (Å²) < 4.78 is 4.78. The van der Waals surface area contributed by atoms with Gasteiger partial charge in [0.15, 0.2) is 5.69 Å². The summed E-state index contributed by atoms with van der Waals surface area (Å²) in [5.41, 5.74) is 1.73. The van der Waals surface area contributed by atoms with Crippen molar-refractivity contribution in [3.8, 4) is 0 Å². The number of carbonyl (C=O) groups excluding carboxylic acids is 2.